The van der Waals surface area contributed by atoms with Gasteiger partial charge in [-0.1, -0.05) is 12.1 Å². The predicted octanol–water partition coefficient (Wildman–Crippen LogP) is 2.86. The molecule has 0 aliphatic heterocycles. The first-order valence-corrected chi connectivity index (χ1v) is 9.25. The van der Waals surface area contributed by atoms with E-state index in [0.717, 1.165) is 10.6 Å². The van der Waals surface area contributed by atoms with Crippen molar-refractivity contribution >= 4 is 41.1 Å². The summed E-state index contributed by atoms with van der Waals surface area (Å²) in [5, 5.41) is 3.89. The number of nitrogens with one attached hydrogen (secondary N) is 1. The maximum Gasteiger partial charge on any atom is 0.413 e. The SMILES string of the molecule is CCOC(=O)NC(=O)COC(=O)c1ccccc1SCc1cscn1. The van der Waals surface area contributed by atoms with E-state index in [1.165, 1.54) is 23.1 Å². The molecule has 1 aromatic heterocycles. The Balaban J connectivity index is 1.90. The van der Waals surface area contributed by atoms with Crippen molar-refractivity contribution in [2.45, 2.75) is 17.6 Å². The maximum absolute atomic E-state index is 12.2. The average Bonchev–Trinajstić information content (AvgIpc) is 3.12. The van der Waals surface area contributed by atoms with Crippen molar-refractivity contribution in [3.63, 3.8) is 0 Å². The molecule has 0 atom stereocenters. The Bertz CT molecular complexity index is 734. The van der Waals surface area contributed by atoms with E-state index in [1.54, 1.807) is 30.6 Å². The number of thioether (sulfide) groups is 1. The van der Waals surface area contributed by atoms with Gasteiger partial charge in [0.25, 0.3) is 5.91 Å². The molecule has 2 aromatic rings. The van der Waals surface area contributed by atoms with E-state index in [2.05, 4.69) is 9.72 Å². The molecular formula is C16H16N2O5S2. The second-order valence-corrected chi connectivity index (χ2v) is 6.35. The van der Waals surface area contributed by atoms with Crippen LogP contribution in [0.2, 0.25) is 0 Å². The van der Waals surface area contributed by atoms with Crippen molar-refractivity contribution in [1.82, 2.24) is 10.3 Å². The average molecular weight is 380 g/mol. The molecule has 2 amide bonds. The summed E-state index contributed by atoms with van der Waals surface area (Å²) in [6, 6.07) is 6.94. The lowest BCUT2D eigenvalue weighted by molar-refractivity contribution is -0.123. The van der Waals surface area contributed by atoms with E-state index >= 15 is 0 Å². The largest absolute Gasteiger partial charge is 0.452 e. The molecule has 1 aromatic carbocycles. The Morgan fingerprint density at radius 2 is 2.04 bits per heavy atom. The minimum Gasteiger partial charge on any atom is -0.452 e. The van der Waals surface area contributed by atoms with Crippen LogP contribution in [0.5, 0.6) is 0 Å². The lowest BCUT2D eigenvalue weighted by atomic mass is 10.2. The van der Waals surface area contributed by atoms with Gasteiger partial charge in [0.15, 0.2) is 6.61 Å². The summed E-state index contributed by atoms with van der Waals surface area (Å²) in [5.74, 6) is -0.767. The molecule has 7 nitrogen and oxygen atoms in total. The summed E-state index contributed by atoms with van der Waals surface area (Å²) in [6.07, 6.45) is -0.872. The van der Waals surface area contributed by atoms with Crippen molar-refractivity contribution < 1.29 is 23.9 Å². The van der Waals surface area contributed by atoms with Crippen molar-refractivity contribution in [3.8, 4) is 0 Å². The van der Waals surface area contributed by atoms with Crippen molar-refractivity contribution in [3.05, 3.63) is 46.4 Å². The van der Waals surface area contributed by atoms with Gasteiger partial charge in [0.1, 0.15) is 0 Å². The first kappa shape index (κ1) is 18.9. The number of rotatable bonds is 7. The van der Waals surface area contributed by atoms with Gasteiger partial charge in [0, 0.05) is 16.0 Å². The predicted molar refractivity (Wildman–Crippen MR) is 93.6 cm³/mol. The number of hydrogen-bond donors (Lipinski definition) is 1. The number of esters is 1. The summed E-state index contributed by atoms with van der Waals surface area (Å²) in [6.45, 7) is 1.19. The molecule has 0 aliphatic rings. The Kier molecular flexibility index (Phi) is 7.42. The molecule has 0 spiro atoms. The standard InChI is InChI=1S/C16H16N2O5S2/c1-2-22-16(21)18-14(19)7-23-15(20)12-5-3-4-6-13(12)25-9-11-8-24-10-17-11/h3-6,8,10H,2,7,9H2,1H3,(H,18,19,21). The van der Waals surface area contributed by atoms with Gasteiger partial charge in [-0.3, -0.25) is 10.1 Å². The first-order chi connectivity index (χ1) is 12.1. The van der Waals surface area contributed by atoms with Gasteiger partial charge >= 0.3 is 12.1 Å². The van der Waals surface area contributed by atoms with Crippen LogP contribution < -0.4 is 5.32 Å². The third kappa shape index (κ3) is 6.20. The number of aromatic nitrogens is 1. The fraction of sp³-hybridized carbons (Fsp3) is 0.250. The zero-order chi connectivity index (χ0) is 18.1. The molecule has 2 rings (SSSR count). The zero-order valence-electron chi connectivity index (χ0n) is 13.4. The second kappa shape index (κ2) is 9.80. The quantitative estimate of drug-likeness (QED) is 0.583. The van der Waals surface area contributed by atoms with Gasteiger partial charge in [0.05, 0.1) is 23.4 Å². The third-order valence-corrected chi connectivity index (χ3v) is 4.56. The Morgan fingerprint density at radius 1 is 1.24 bits per heavy atom. The number of thiazole rings is 1. The van der Waals surface area contributed by atoms with Crippen LogP contribution in [0.25, 0.3) is 0 Å². The van der Waals surface area contributed by atoms with Gasteiger partial charge in [0.2, 0.25) is 0 Å². The molecule has 0 saturated carbocycles. The molecule has 0 aliphatic carbocycles. The number of imide groups is 1. The smallest absolute Gasteiger partial charge is 0.413 e. The van der Waals surface area contributed by atoms with E-state index in [1.807, 2.05) is 16.8 Å². The number of benzene rings is 1. The van der Waals surface area contributed by atoms with Crippen molar-refractivity contribution in [2.24, 2.45) is 0 Å². The fourth-order valence-electron chi connectivity index (χ4n) is 1.75. The summed E-state index contributed by atoms with van der Waals surface area (Å²) in [7, 11) is 0. The van der Waals surface area contributed by atoms with Gasteiger partial charge in [-0.05, 0) is 19.1 Å². The number of alkyl carbamates (subject to hydrolysis) is 1. The number of amides is 2. The molecule has 25 heavy (non-hydrogen) atoms. The Hall–Kier alpha value is -2.39. The number of ether oxygens (including phenoxy) is 2. The van der Waals surface area contributed by atoms with Gasteiger partial charge in [-0.15, -0.1) is 23.1 Å². The van der Waals surface area contributed by atoms with Gasteiger partial charge in [-0.25, -0.2) is 14.6 Å². The van der Waals surface area contributed by atoms with Crippen LogP contribution in [-0.4, -0.2) is 36.2 Å². The highest BCUT2D eigenvalue weighted by Crippen LogP contribution is 2.26. The van der Waals surface area contributed by atoms with E-state index < -0.39 is 24.6 Å². The van der Waals surface area contributed by atoms with Gasteiger partial charge in [-0.2, -0.15) is 0 Å². The molecule has 0 radical (unpaired) electrons. The normalized spacial score (nSPS) is 10.1. The van der Waals surface area contributed by atoms with Crippen LogP contribution in [0.3, 0.4) is 0 Å². The molecule has 0 bridgehead atoms. The second-order valence-electron chi connectivity index (χ2n) is 4.61. The number of carbonyl (C=O) groups excluding carboxylic acids is 3. The van der Waals surface area contributed by atoms with E-state index in [-0.39, 0.29) is 6.61 Å². The number of nitrogens with zero attached hydrogens (tertiary/aromatic N) is 1. The highest BCUT2D eigenvalue weighted by atomic mass is 32.2. The monoisotopic (exact) mass is 380 g/mol. The number of carbonyl (C=O) groups is 3. The summed E-state index contributed by atoms with van der Waals surface area (Å²) in [5.41, 5.74) is 3.02. The first-order valence-electron chi connectivity index (χ1n) is 7.32. The minimum absolute atomic E-state index is 0.141. The zero-order valence-corrected chi connectivity index (χ0v) is 15.0. The molecule has 1 heterocycles. The molecule has 132 valence electrons. The third-order valence-electron chi connectivity index (χ3n) is 2.82. The molecular weight excluding hydrogens is 364 g/mol. The molecule has 9 heteroatoms. The topological polar surface area (TPSA) is 94.6 Å². The van der Waals surface area contributed by atoms with Crippen LogP contribution >= 0.6 is 23.1 Å². The highest BCUT2D eigenvalue weighted by Gasteiger charge is 2.16. The lowest BCUT2D eigenvalue weighted by Gasteiger charge is -2.09. The van der Waals surface area contributed by atoms with Crippen molar-refractivity contribution in [1.29, 1.82) is 0 Å². The lowest BCUT2D eigenvalue weighted by Crippen LogP contribution is -2.34. The fourth-order valence-corrected chi connectivity index (χ4v) is 3.35. The summed E-state index contributed by atoms with van der Waals surface area (Å²) in [4.78, 5) is 39.8. The van der Waals surface area contributed by atoms with Crippen molar-refractivity contribution in [2.75, 3.05) is 13.2 Å². The highest BCUT2D eigenvalue weighted by molar-refractivity contribution is 7.98. The Morgan fingerprint density at radius 3 is 2.76 bits per heavy atom. The van der Waals surface area contributed by atoms with E-state index in [4.69, 9.17) is 4.74 Å². The molecule has 1 N–H and O–H groups in total. The van der Waals surface area contributed by atoms with Crippen LogP contribution in [0.1, 0.15) is 23.0 Å². The van der Waals surface area contributed by atoms with Crippen LogP contribution in [0, 0.1) is 0 Å². The maximum atomic E-state index is 12.2. The molecule has 0 saturated heterocycles. The molecule has 0 fully saturated rings. The van der Waals surface area contributed by atoms with E-state index in [9.17, 15) is 14.4 Å². The number of hydrogen-bond acceptors (Lipinski definition) is 8. The van der Waals surface area contributed by atoms with Crippen LogP contribution in [-0.2, 0) is 20.0 Å². The summed E-state index contributed by atoms with van der Waals surface area (Å²) >= 11 is 2.96. The van der Waals surface area contributed by atoms with E-state index in [0.29, 0.717) is 11.3 Å². The van der Waals surface area contributed by atoms with Crippen LogP contribution in [0.4, 0.5) is 4.79 Å². The Labute approximate surface area is 152 Å². The minimum atomic E-state index is -0.872. The summed E-state index contributed by atoms with van der Waals surface area (Å²) < 4.78 is 9.53. The molecule has 0 unspecified atom stereocenters. The van der Waals surface area contributed by atoms with Gasteiger partial charge < -0.3 is 9.47 Å². The van der Waals surface area contributed by atoms with Crippen LogP contribution in [0.15, 0.2) is 40.1 Å².